The number of nitrogens with one attached hydrogen (secondary N) is 2. The molecule has 4 atom stereocenters. The number of thiol groups is 2. The third-order valence-corrected chi connectivity index (χ3v) is 8.75. The zero-order valence-corrected chi connectivity index (χ0v) is 22.3. The Morgan fingerprint density at radius 3 is 1.84 bits per heavy atom. The van der Waals surface area contributed by atoms with Crippen molar-refractivity contribution in [1.29, 1.82) is 0 Å². The van der Waals surface area contributed by atoms with E-state index in [1.54, 1.807) is 0 Å². The van der Waals surface area contributed by atoms with Crippen molar-refractivity contribution in [1.82, 2.24) is 15.5 Å². The van der Waals surface area contributed by atoms with Gasteiger partial charge in [0.1, 0.15) is 10.5 Å². The number of hydrogen-bond donors (Lipinski definition) is 4. The molecule has 1 aliphatic heterocycles. The van der Waals surface area contributed by atoms with E-state index in [1.165, 1.54) is 30.6 Å². The van der Waals surface area contributed by atoms with Crippen LogP contribution >= 0.6 is 48.8 Å². The smallest absolute Gasteiger partial charge is 0.243 e. The van der Waals surface area contributed by atoms with E-state index in [4.69, 9.17) is 0 Å². The number of likely N-dealkylation sites (tertiary alicyclic amines) is 1. The molecule has 1 aliphatic rings. The number of carbonyl (C=O) groups excluding carboxylic acids is 4. The molecule has 0 spiro atoms. The van der Waals surface area contributed by atoms with Gasteiger partial charge >= 0.3 is 0 Å². The minimum atomic E-state index is -0.687. The van der Waals surface area contributed by atoms with Crippen LogP contribution in [0, 0.1) is 0 Å². The molecule has 1 rings (SSSR count). The lowest BCUT2D eigenvalue weighted by atomic mass is 10.00. The maximum atomic E-state index is 12.7. The Kier molecular flexibility index (Phi) is 12.5. The van der Waals surface area contributed by atoms with E-state index >= 15 is 0 Å². The van der Waals surface area contributed by atoms with Crippen LogP contribution in [0.5, 0.6) is 0 Å². The second-order valence-electron chi connectivity index (χ2n) is 8.04. The second kappa shape index (κ2) is 13.5. The Balaban J connectivity index is 2.78. The molecule has 31 heavy (non-hydrogen) atoms. The number of hydrogen-bond acceptors (Lipinski definition) is 10. The number of ketones is 2. The van der Waals surface area contributed by atoms with Crippen LogP contribution in [0.4, 0.5) is 0 Å². The van der Waals surface area contributed by atoms with Crippen LogP contribution in [0.15, 0.2) is 0 Å². The SMILES string of the molecule is CCN[C@@H](CS)C(=O)CSC1C(=O)N(C)C(=O)C1SCC(=O)[C@H](CS)NC(C)(C)CC. The van der Waals surface area contributed by atoms with Gasteiger partial charge < -0.3 is 10.6 Å². The molecular formula is C20H35N3O4S4. The maximum absolute atomic E-state index is 12.7. The van der Waals surface area contributed by atoms with Gasteiger partial charge in [0.2, 0.25) is 11.8 Å². The van der Waals surface area contributed by atoms with Crippen LogP contribution in [0.1, 0.15) is 34.1 Å². The molecule has 1 fully saturated rings. The summed E-state index contributed by atoms with van der Waals surface area (Å²) < 4.78 is 0. The standard InChI is InChI=1S/C20H35N3O4S4/c1-6-20(3,4)22-13(9-29)15(25)11-31-17-16(18(26)23(5)19(17)27)30-10-14(24)12(8-28)21-7-2/h12-13,16-17,21-22,28-29H,6-11H2,1-5H3/t12-,13-,16?,17?/m0/s1. The Hall–Kier alpha value is -0.200. The van der Waals surface area contributed by atoms with Crippen molar-refractivity contribution in [3.63, 3.8) is 0 Å². The fraction of sp³-hybridized carbons (Fsp3) is 0.800. The van der Waals surface area contributed by atoms with Crippen molar-refractivity contribution in [2.45, 2.75) is 62.2 Å². The first-order chi connectivity index (χ1) is 14.5. The summed E-state index contributed by atoms with van der Waals surface area (Å²) in [7, 11) is 1.44. The Morgan fingerprint density at radius 1 is 1.00 bits per heavy atom. The van der Waals surface area contributed by atoms with Crippen molar-refractivity contribution < 1.29 is 19.2 Å². The zero-order chi connectivity index (χ0) is 23.8. The Labute approximate surface area is 205 Å². The second-order valence-corrected chi connectivity index (χ2v) is 11.0. The molecule has 2 N–H and O–H groups in total. The molecule has 2 amide bonds. The minimum absolute atomic E-state index is 0.0570. The molecule has 2 unspecified atom stereocenters. The molecule has 7 nitrogen and oxygen atoms in total. The summed E-state index contributed by atoms with van der Waals surface area (Å²) in [6.45, 7) is 8.63. The summed E-state index contributed by atoms with van der Waals surface area (Å²) in [5, 5.41) is 5.01. The molecule has 0 bridgehead atoms. The van der Waals surface area contributed by atoms with Gasteiger partial charge in [0, 0.05) is 24.1 Å². The largest absolute Gasteiger partial charge is 0.307 e. The molecular weight excluding hydrogens is 475 g/mol. The van der Waals surface area contributed by atoms with E-state index in [0.717, 1.165) is 11.3 Å². The van der Waals surface area contributed by atoms with E-state index < -0.39 is 16.5 Å². The predicted molar refractivity (Wildman–Crippen MR) is 137 cm³/mol. The molecule has 0 aromatic heterocycles. The van der Waals surface area contributed by atoms with Crippen LogP contribution in [-0.4, -0.2) is 93.0 Å². The quantitative estimate of drug-likeness (QED) is 0.194. The summed E-state index contributed by atoms with van der Waals surface area (Å²) in [6, 6.07) is -0.817. The normalized spacial score (nSPS) is 21.5. The number of nitrogens with zero attached hydrogens (tertiary/aromatic N) is 1. The highest BCUT2D eigenvalue weighted by Gasteiger charge is 2.47. The first-order valence-corrected chi connectivity index (χ1v) is 13.7. The number of rotatable bonds is 15. The van der Waals surface area contributed by atoms with E-state index in [-0.39, 0.29) is 46.5 Å². The highest BCUT2D eigenvalue weighted by molar-refractivity contribution is 8.05. The molecule has 0 radical (unpaired) electrons. The van der Waals surface area contributed by atoms with Crippen LogP contribution in [-0.2, 0) is 19.2 Å². The van der Waals surface area contributed by atoms with Gasteiger partial charge in [-0.15, -0.1) is 23.5 Å². The third kappa shape index (κ3) is 8.26. The van der Waals surface area contributed by atoms with Crippen molar-refractivity contribution in [3.05, 3.63) is 0 Å². The van der Waals surface area contributed by atoms with E-state index in [9.17, 15) is 19.2 Å². The van der Waals surface area contributed by atoms with Gasteiger partial charge in [-0.25, -0.2) is 0 Å². The molecule has 0 aliphatic carbocycles. The molecule has 0 aromatic rings. The molecule has 0 saturated carbocycles. The monoisotopic (exact) mass is 509 g/mol. The number of amides is 2. The van der Waals surface area contributed by atoms with E-state index in [2.05, 4.69) is 35.9 Å². The van der Waals surface area contributed by atoms with Gasteiger partial charge in [0.15, 0.2) is 11.6 Å². The maximum Gasteiger partial charge on any atom is 0.243 e. The molecule has 1 saturated heterocycles. The lowest BCUT2D eigenvalue weighted by molar-refractivity contribution is -0.136. The van der Waals surface area contributed by atoms with Crippen molar-refractivity contribution >= 4 is 72.2 Å². The van der Waals surface area contributed by atoms with E-state index in [0.29, 0.717) is 18.1 Å². The summed E-state index contributed by atoms with van der Waals surface area (Å²) in [5.74, 6) is 0.148. The summed E-state index contributed by atoms with van der Waals surface area (Å²) in [6.07, 6.45) is 0.852. The Morgan fingerprint density at radius 2 is 1.45 bits per heavy atom. The van der Waals surface area contributed by atoms with Gasteiger partial charge in [-0.1, -0.05) is 13.8 Å². The van der Waals surface area contributed by atoms with Crippen molar-refractivity contribution in [3.8, 4) is 0 Å². The molecule has 178 valence electrons. The predicted octanol–water partition coefficient (Wildman–Crippen LogP) is 1.31. The van der Waals surface area contributed by atoms with Crippen LogP contribution in [0.3, 0.4) is 0 Å². The van der Waals surface area contributed by atoms with Crippen molar-refractivity contribution in [2.75, 3.05) is 36.6 Å². The Bertz CT molecular complexity index is 662. The van der Waals surface area contributed by atoms with E-state index in [1.807, 2.05) is 27.7 Å². The first-order valence-electron chi connectivity index (χ1n) is 10.4. The van der Waals surface area contributed by atoms with Crippen LogP contribution in [0.2, 0.25) is 0 Å². The summed E-state index contributed by atoms with van der Waals surface area (Å²) >= 11 is 10.8. The number of carbonyl (C=O) groups is 4. The molecule has 1 heterocycles. The fourth-order valence-corrected chi connectivity index (χ4v) is 6.31. The minimum Gasteiger partial charge on any atom is -0.307 e. The first kappa shape index (κ1) is 28.8. The molecule has 11 heteroatoms. The number of Topliss-reactive ketones (excluding diaryl/α,β-unsaturated/α-hetero) is 2. The number of imide groups is 1. The van der Waals surface area contributed by atoms with Crippen LogP contribution < -0.4 is 10.6 Å². The van der Waals surface area contributed by atoms with Gasteiger partial charge in [0.05, 0.1) is 23.6 Å². The highest BCUT2D eigenvalue weighted by atomic mass is 32.2. The summed E-state index contributed by atoms with van der Waals surface area (Å²) in [4.78, 5) is 51.5. The lowest BCUT2D eigenvalue weighted by Crippen LogP contribution is -2.51. The van der Waals surface area contributed by atoms with Crippen molar-refractivity contribution in [2.24, 2.45) is 0 Å². The number of thioether (sulfide) groups is 2. The van der Waals surface area contributed by atoms with Crippen LogP contribution in [0.25, 0.3) is 0 Å². The number of likely N-dealkylation sites (N-methyl/N-ethyl adjacent to an activating group) is 1. The molecule has 0 aromatic carbocycles. The average molecular weight is 510 g/mol. The third-order valence-electron chi connectivity index (χ3n) is 5.28. The fourth-order valence-electron chi connectivity index (χ4n) is 2.94. The van der Waals surface area contributed by atoms with Gasteiger partial charge in [-0.3, -0.25) is 24.1 Å². The highest BCUT2D eigenvalue weighted by Crippen LogP contribution is 2.33. The topological polar surface area (TPSA) is 95.6 Å². The average Bonchev–Trinajstić information content (AvgIpc) is 2.95. The van der Waals surface area contributed by atoms with Gasteiger partial charge in [0.25, 0.3) is 0 Å². The summed E-state index contributed by atoms with van der Waals surface area (Å²) in [5.41, 5.74) is -0.206. The van der Waals surface area contributed by atoms with Gasteiger partial charge in [-0.2, -0.15) is 25.3 Å². The van der Waals surface area contributed by atoms with Gasteiger partial charge in [-0.05, 0) is 26.8 Å². The zero-order valence-electron chi connectivity index (χ0n) is 18.8. The lowest BCUT2D eigenvalue weighted by Gasteiger charge is -2.29.